The van der Waals surface area contributed by atoms with Gasteiger partial charge >= 0.3 is 12.3 Å². The Morgan fingerprint density at radius 1 is 1.50 bits per heavy atom. The van der Waals surface area contributed by atoms with E-state index in [4.69, 9.17) is 4.74 Å². The molecule has 1 heterocycles. The van der Waals surface area contributed by atoms with E-state index in [1.54, 1.807) is 5.32 Å². The molecule has 3 nitrogen and oxygen atoms in total. The van der Waals surface area contributed by atoms with Crippen molar-refractivity contribution in [3.05, 3.63) is 0 Å². The molecule has 0 aromatic rings. The molecule has 1 aliphatic rings. The van der Waals surface area contributed by atoms with Crippen molar-refractivity contribution in [2.24, 2.45) is 0 Å². The maximum absolute atomic E-state index is 12.4. The molecule has 7 heteroatoms. The van der Waals surface area contributed by atoms with Gasteiger partial charge in [0.15, 0.2) is 0 Å². The Morgan fingerprint density at radius 2 is 2.14 bits per heavy atom. The van der Waals surface area contributed by atoms with Gasteiger partial charge in [-0.3, -0.25) is 4.79 Å². The molecule has 1 N–H and O–H groups in total. The SMILES string of the molecule is O=C(NC1CCOC1)C(F)(F)C(F)F. The van der Waals surface area contributed by atoms with Crippen molar-refractivity contribution < 1.29 is 27.1 Å². The van der Waals surface area contributed by atoms with Crippen LogP contribution in [0.3, 0.4) is 0 Å². The first-order valence-electron chi connectivity index (χ1n) is 3.99. The minimum atomic E-state index is -4.62. The normalized spacial score (nSPS) is 22.8. The molecule has 1 atom stereocenters. The molecule has 0 aromatic carbocycles. The van der Waals surface area contributed by atoms with Crippen LogP contribution in [0.15, 0.2) is 0 Å². The van der Waals surface area contributed by atoms with Crippen LogP contribution in [-0.2, 0) is 9.53 Å². The van der Waals surface area contributed by atoms with Gasteiger partial charge in [-0.05, 0) is 6.42 Å². The van der Waals surface area contributed by atoms with Crippen molar-refractivity contribution in [2.75, 3.05) is 13.2 Å². The summed E-state index contributed by atoms with van der Waals surface area (Å²) in [5, 5.41) is 1.81. The van der Waals surface area contributed by atoms with Crippen LogP contribution >= 0.6 is 0 Å². The second kappa shape index (κ2) is 4.12. The first-order valence-corrected chi connectivity index (χ1v) is 3.99. The van der Waals surface area contributed by atoms with Gasteiger partial charge < -0.3 is 10.1 Å². The lowest BCUT2D eigenvalue weighted by Gasteiger charge is -2.17. The largest absolute Gasteiger partial charge is 0.383 e. The summed E-state index contributed by atoms with van der Waals surface area (Å²) in [4.78, 5) is 10.7. The maximum Gasteiger partial charge on any atom is 0.383 e. The Balaban J connectivity index is 2.48. The van der Waals surface area contributed by atoms with Gasteiger partial charge in [-0.25, -0.2) is 8.78 Å². The van der Waals surface area contributed by atoms with E-state index in [9.17, 15) is 22.4 Å². The van der Waals surface area contributed by atoms with Gasteiger partial charge in [0.2, 0.25) is 0 Å². The van der Waals surface area contributed by atoms with Crippen molar-refractivity contribution in [3.8, 4) is 0 Å². The summed E-state index contributed by atoms with van der Waals surface area (Å²) in [6, 6.07) is -0.591. The maximum atomic E-state index is 12.4. The fourth-order valence-electron chi connectivity index (χ4n) is 1.03. The van der Waals surface area contributed by atoms with Gasteiger partial charge in [-0.2, -0.15) is 8.78 Å². The van der Waals surface area contributed by atoms with Crippen LogP contribution in [0, 0.1) is 0 Å². The van der Waals surface area contributed by atoms with Crippen molar-refractivity contribution >= 4 is 5.91 Å². The number of carbonyl (C=O) groups is 1. The summed E-state index contributed by atoms with van der Waals surface area (Å²) in [5.41, 5.74) is 0. The third-order valence-electron chi connectivity index (χ3n) is 1.84. The van der Waals surface area contributed by atoms with Crippen LogP contribution in [0.5, 0.6) is 0 Å². The minimum Gasteiger partial charge on any atom is -0.379 e. The number of ether oxygens (including phenoxy) is 1. The molecular weight excluding hydrogens is 206 g/mol. The lowest BCUT2D eigenvalue weighted by molar-refractivity contribution is -0.170. The smallest absolute Gasteiger partial charge is 0.379 e. The molecule has 1 aliphatic heterocycles. The number of halogens is 4. The van der Waals surface area contributed by atoms with Crippen LogP contribution in [-0.4, -0.2) is 37.5 Å². The predicted octanol–water partition coefficient (Wildman–Crippen LogP) is 0.792. The summed E-state index contributed by atoms with van der Waals surface area (Å²) in [6.07, 6.45) is -3.62. The fraction of sp³-hybridized carbons (Fsp3) is 0.857. The number of rotatable bonds is 3. The summed E-state index contributed by atoms with van der Waals surface area (Å²) >= 11 is 0. The molecule has 1 fully saturated rings. The molecule has 1 saturated heterocycles. The lowest BCUT2D eigenvalue weighted by Crippen LogP contribution is -2.49. The van der Waals surface area contributed by atoms with E-state index in [2.05, 4.69) is 0 Å². The van der Waals surface area contributed by atoms with E-state index in [1.165, 1.54) is 0 Å². The molecule has 0 spiro atoms. The zero-order valence-corrected chi connectivity index (χ0v) is 7.10. The van der Waals surface area contributed by atoms with Gasteiger partial charge in [0, 0.05) is 6.61 Å². The van der Waals surface area contributed by atoms with Gasteiger partial charge in [0.1, 0.15) is 0 Å². The molecule has 0 aliphatic carbocycles. The molecule has 1 rings (SSSR count). The van der Waals surface area contributed by atoms with Crippen LogP contribution < -0.4 is 5.32 Å². The molecular formula is C7H9F4NO2. The monoisotopic (exact) mass is 215 g/mol. The minimum absolute atomic E-state index is 0.0884. The number of amides is 1. The lowest BCUT2D eigenvalue weighted by atomic mass is 10.2. The number of hydrogen-bond acceptors (Lipinski definition) is 2. The van der Waals surface area contributed by atoms with Gasteiger partial charge in [-0.1, -0.05) is 0 Å². The summed E-state index contributed by atoms with van der Waals surface area (Å²) in [5.74, 6) is -6.56. The predicted molar refractivity (Wildman–Crippen MR) is 38.3 cm³/mol. The molecule has 0 bridgehead atoms. The van der Waals surface area contributed by atoms with E-state index >= 15 is 0 Å². The highest BCUT2D eigenvalue weighted by Gasteiger charge is 2.49. The summed E-state index contributed by atoms with van der Waals surface area (Å²) in [6.45, 7) is 0.427. The topological polar surface area (TPSA) is 38.3 Å². The Bertz CT molecular complexity index is 216. The highest BCUT2D eigenvalue weighted by Crippen LogP contribution is 2.23. The standard InChI is InChI=1S/C7H9F4NO2/c8-5(9)7(10,11)6(13)12-4-1-2-14-3-4/h4-5H,1-3H2,(H,12,13). The Labute approximate surface area is 77.4 Å². The van der Waals surface area contributed by atoms with E-state index in [1.807, 2.05) is 0 Å². The Morgan fingerprint density at radius 3 is 2.57 bits per heavy atom. The average molecular weight is 215 g/mol. The van der Waals surface area contributed by atoms with Crippen LogP contribution in [0.25, 0.3) is 0 Å². The molecule has 1 amide bonds. The van der Waals surface area contributed by atoms with Gasteiger partial charge in [0.05, 0.1) is 12.6 Å². The van der Waals surface area contributed by atoms with Crippen molar-refractivity contribution in [3.63, 3.8) is 0 Å². The van der Waals surface area contributed by atoms with E-state index in [0.29, 0.717) is 13.0 Å². The Kier molecular flexibility index (Phi) is 3.30. The highest BCUT2D eigenvalue weighted by molar-refractivity contribution is 5.84. The first-order chi connectivity index (χ1) is 6.44. The zero-order valence-electron chi connectivity index (χ0n) is 7.10. The number of nitrogens with one attached hydrogen (secondary N) is 1. The number of alkyl halides is 4. The summed E-state index contributed by atoms with van der Waals surface area (Å²) < 4.78 is 53.0. The molecule has 14 heavy (non-hydrogen) atoms. The first kappa shape index (κ1) is 11.2. The Hall–Kier alpha value is -0.850. The quantitative estimate of drug-likeness (QED) is 0.707. The summed E-state index contributed by atoms with van der Waals surface area (Å²) in [7, 11) is 0. The number of carbonyl (C=O) groups excluding carboxylic acids is 1. The molecule has 1 unspecified atom stereocenters. The van der Waals surface area contributed by atoms with E-state index < -0.39 is 24.3 Å². The van der Waals surface area contributed by atoms with E-state index in [0.717, 1.165) is 0 Å². The molecule has 82 valence electrons. The third-order valence-corrected chi connectivity index (χ3v) is 1.84. The van der Waals surface area contributed by atoms with Gasteiger partial charge in [0.25, 0.3) is 5.91 Å². The molecule has 0 radical (unpaired) electrons. The van der Waals surface area contributed by atoms with Crippen molar-refractivity contribution in [1.29, 1.82) is 0 Å². The van der Waals surface area contributed by atoms with Crippen LogP contribution in [0.2, 0.25) is 0 Å². The zero-order chi connectivity index (χ0) is 10.8. The fourth-order valence-corrected chi connectivity index (χ4v) is 1.03. The van der Waals surface area contributed by atoms with Crippen molar-refractivity contribution in [1.82, 2.24) is 5.32 Å². The van der Waals surface area contributed by atoms with Gasteiger partial charge in [-0.15, -0.1) is 0 Å². The van der Waals surface area contributed by atoms with Crippen LogP contribution in [0.1, 0.15) is 6.42 Å². The number of hydrogen-bond donors (Lipinski definition) is 1. The van der Waals surface area contributed by atoms with E-state index in [-0.39, 0.29) is 6.61 Å². The van der Waals surface area contributed by atoms with Crippen LogP contribution in [0.4, 0.5) is 17.6 Å². The van der Waals surface area contributed by atoms with Crippen molar-refractivity contribution in [2.45, 2.75) is 24.8 Å². The second-order valence-electron chi connectivity index (χ2n) is 2.96. The molecule has 0 aromatic heterocycles. The third kappa shape index (κ3) is 2.34. The second-order valence-corrected chi connectivity index (χ2v) is 2.96. The highest BCUT2D eigenvalue weighted by atomic mass is 19.3. The molecule has 0 saturated carbocycles. The average Bonchev–Trinajstić information content (AvgIpc) is 2.56.